The van der Waals surface area contributed by atoms with E-state index < -0.39 is 0 Å². The van der Waals surface area contributed by atoms with Gasteiger partial charge in [0, 0.05) is 12.4 Å². The number of hydrogen-bond donors (Lipinski definition) is 0. The number of aromatic nitrogens is 1. The number of pyridine rings is 1. The van der Waals surface area contributed by atoms with Gasteiger partial charge in [-0.25, -0.2) is 0 Å². The van der Waals surface area contributed by atoms with Crippen molar-refractivity contribution in [3.05, 3.63) is 30.1 Å². The molecule has 1 aromatic rings. The molecule has 0 spiro atoms. The van der Waals surface area contributed by atoms with E-state index in [0.717, 1.165) is 19.3 Å². The molecule has 12 heavy (non-hydrogen) atoms. The molecule has 2 heteroatoms. The van der Waals surface area contributed by atoms with E-state index in [9.17, 15) is 0 Å². The number of nitriles is 1. The van der Waals surface area contributed by atoms with Gasteiger partial charge < -0.3 is 0 Å². The molecule has 1 aliphatic rings. The van der Waals surface area contributed by atoms with Crippen LogP contribution in [0.25, 0.3) is 0 Å². The Morgan fingerprint density at radius 2 is 2.08 bits per heavy atom. The molecule has 0 bridgehead atoms. The molecule has 2 rings (SSSR count). The van der Waals surface area contributed by atoms with E-state index in [1.807, 2.05) is 12.1 Å². The van der Waals surface area contributed by atoms with E-state index in [0.29, 0.717) is 0 Å². The first-order valence-corrected chi connectivity index (χ1v) is 4.15. The minimum absolute atomic E-state index is 0.0264. The van der Waals surface area contributed by atoms with Crippen molar-refractivity contribution in [1.29, 1.82) is 5.26 Å². The number of nitrogens with zero attached hydrogens (tertiary/aromatic N) is 2. The van der Waals surface area contributed by atoms with Gasteiger partial charge in [0.2, 0.25) is 0 Å². The van der Waals surface area contributed by atoms with Crippen LogP contribution in [0.1, 0.15) is 18.4 Å². The molecule has 0 aromatic carbocycles. The molecule has 0 radical (unpaired) electrons. The second kappa shape index (κ2) is 2.60. The average Bonchev–Trinajstić information content (AvgIpc) is 2.88. The predicted molar refractivity (Wildman–Crippen MR) is 45.2 cm³/mol. The second-order valence-electron chi connectivity index (χ2n) is 3.42. The van der Waals surface area contributed by atoms with Crippen molar-refractivity contribution in [2.75, 3.05) is 0 Å². The molecule has 0 N–H and O–H groups in total. The molecule has 0 unspecified atom stereocenters. The maximum Gasteiger partial charge on any atom is 0.0693 e. The Labute approximate surface area is 71.9 Å². The van der Waals surface area contributed by atoms with Gasteiger partial charge in [-0.15, -0.1) is 0 Å². The summed E-state index contributed by atoms with van der Waals surface area (Å²) in [6, 6.07) is 6.35. The lowest BCUT2D eigenvalue weighted by Gasteiger charge is -2.03. The molecule has 1 saturated carbocycles. The fourth-order valence-corrected chi connectivity index (χ4v) is 1.37. The number of hydrogen-bond acceptors (Lipinski definition) is 2. The first-order chi connectivity index (χ1) is 5.85. The molecule has 60 valence electrons. The summed E-state index contributed by atoms with van der Waals surface area (Å²) >= 11 is 0. The minimum atomic E-state index is -0.0264. The van der Waals surface area contributed by atoms with Crippen molar-refractivity contribution in [1.82, 2.24) is 4.98 Å². The lowest BCUT2D eigenvalue weighted by molar-refractivity contribution is 0.664. The van der Waals surface area contributed by atoms with Crippen molar-refractivity contribution in [3.63, 3.8) is 0 Å². The summed E-state index contributed by atoms with van der Waals surface area (Å²) in [5.41, 5.74) is 1.20. The molecule has 1 fully saturated rings. The van der Waals surface area contributed by atoms with Crippen LogP contribution in [0.2, 0.25) is 0 Å². The lowest BCUT2D eigenvalue weighted by Crippen LogP contribution is -2.00. The third-order valence-corrected chi connectivity index (χ3v) is 2.38. The summed E-state index contributed by atoms with van der Waals surface area (Å²) in [5.74, 6) is 0. The molecular weight excluding hydrogens is 148 g/mol. The summed E-state index contributed by atoms with van der Waals surface area (Å²) in [6.45, 7) is 0. The van der Waals surface area contributed by atoms with Crippen LogP contribution in [0.3, 0.4) is 0 Å². The first-order valence-electron chi connectivity index (χ1n) is 4.15. The Morgan fingerprint density at radius 3 is 2.58 bits per heavy atom. The maximum absolute atomic E-state index is 8.85. The predicted octanol–water partition coefficient (Wildman–Crippen LogP) is 1.93. The smallest absolute Gasteiger partial charge is 0.0693 e. The quantitative estimate of drug-likeness (QED) is 0.659. The third-order valence-electron chi connectivity index (χ3n) is 2.38. The standard InChI is InChI=1S/C10H10N2/c11-8-10(3-4-10)7-9-1-5-12-6-2-9/h1-2,5-6H,3-4,7H2. The van der Waals surface area contributed by atoms with Crippen molar-refractivity contribution in [2.24, 2.45) is 5.41 Å². The Balaban J connectivity index is 2.11. The summed E-state index contributed by atoms with van der Waals surface area (Å²) < 4.78 is 0. The molecule has 1 aromatic heterocycles. The van der Waals surface area contributed by atoms with Gasteiger partial charge >= 0.3 is 0 Å². The van der Waals surface area contributed by atoms with E-state index in [1.54, 1.807) is 12.4 Å². The van der Waals surface area contributed by atoms with E-state index in [4.69, 9.17) is 5.26 Å². The molecular formula is C10H10N2. The highest BCUT2D eigenvalue weighted by atomic mass is 14.6. The first kappa shape index (κ1) is 7.30. The average molecular weight is 158 g/mol. The maximum atomic E-state index is 8.85. The second-order valence-corrected chi connectivity index (χ2v) is 3.42. The van der Waals surface area contributed by atoms with E-state index in [2.05, 4.69) is 11.1 Å². The van der Waals surface area contributed by atoms with E-state index in [-0.39, 0.29) is 5.41 Å². The van der Waals surface area contributed by atoms with Crippen LogP contribution in [-0.4, -0.2) is 4.98 Å². The van der Waals surface area contributed by atoms with Gasteiger partial charge in [-0.3, -0.25) is 4.98 Å². The van der Waals surface area contributed by atoms with Gasteiger partial charge in [0.1, 0.15) is 0 Å². The monoisotopic (exact) mass is 158 g/mol. The Kier molecular flexibility index (Phi) is 1.58. The van der Waals surface area contributed by atoms with Crippen molar-refractivity contribution < 1.29 is 0 Å². The number of rotatable bonds is 2. The summed E-state index contributed by atoms with van der Waals surface area (Å²) in [7, 11) is 0. The van der Waals surface area contributed by atoms with Gasteiger partial charge in [-0.05, 0) is 37.0 Å². The lowest BCUT2D eigenvalue weighted by atomic mass is 9.99. The van der Waals surface area contributed by atoms with E-state index >= 15 is 0 Å². The van der Waals surface area contributed by atoms with Gasteiger partial charge in [0.05, 0.1) is 11.5 Å². The zero-order chi connectivity index (χ0) is 8.44. The molecule has 1 heterocycles. The zero-order valence-corrected chi connectivity index (χ0v) is 6.83. The topological polar surface area (TPSA) is 36.7 Å². The van der Waals surface area contributed by atoms with Gasteiger partial charge in [-0.1, -0.05) is 0 Å². The summed E-state index contributed by atoms with van der Waals surface area (Å²) in [4.78, 5) is 3.94. The highest BCUT2D eigenvalue weighted by molar-refractivity contribution is 5.20. The van der Waals surface area contributed by atoms with Crippen LogP contribution < -0.4 is 0 Å². The van der Waals surface area contributed by atoms with Crippen LogP contribution >= 0.6 is 0 Å². The molecule has 0 saturated heterocycles. The third kappa shape index (κ3) is 1.31. The van der Waals surface area contributed by atoms with Gasteiger partial charge in [0.15, 0.2) is 0 Å². The van der Waals surface area contributed by atoms with Crippen LogP contribution in [0.15, 0.2) is 24.5 Å². The zero-order valence-electron chi connectivity index (χ0n) is 6.83. The fraction of sp³-hybridized carbons (Fsp3) is 0.400. The van der Waals surface area contributed by atoms with Crippen LogP contribution in [-0.2, 0) is 6.42 Å². The minimum Gasteiger partial charge on any atom is -0.265 e. The fourth-order valence-electron chi connectivity index (χ4n) is 1.37. The van der Waals surface area contributed by atoms with E-state index in [1.165, 1.54) is 5.56 Å². The Hall–Kier alpha value is -1.36. The van der Waals surface area contributed by atoms with Crippen molar-refractivity contribution in [2.45, 2.75) is 19.3 Å². The SMILES string of the molecule is N#CC1(Cc2ccncc2)CC1. The van der Waals surface area contributed by atoms with Crippen molar-refractivity contribution >= 4 is 0 Å². The van der Waals surface area contributed by atoms with Crippen LogP contribution in [0.5, 0.6) is 0 Å². The molecule has 0 amide bonds. The largest absolute Gasteiger partial charge is 0.265 e. The summed E-state index contributed by atoms with van der Waals surface area (Å²) in [6.07, 6.45) is 6.58. The highest BCUT2D eigenvalue weighted by Crippen LogP contribution is 2.47. The Morgan fingerprint density at radius 1 is 1.42 bits per heavy atom. The normalized spacial score (nSPS) is 18.2. The van der Waals surface area contributed by atoms with Crippen molar-refractivity contribution in [3.8, 4) is 6.07 Å². The molecule has 0 aliphatic heterocycles. The molecule has 1 aliphatic carbocycles. The summed E-state index contributed by atoms with van der Waals surface area (Å²) in [5, 5.41) is 8.85. The molecule has 0 atom stereocenters. The molecule has 2 nitrogen and oxygen atoms in total. The van der Waals surface area contributed by atoms with Gasteiger partial charge in [-0.2, -0.15) is 5.26 Å². The van der Waals surface area contributed by atoms with Gasteiger partial charge in [0.25, 0.3) is 0 Å². The highest BCUT2D eigenvalue weighted by Gasteiger charge is 2.42. The van der Waals surface area contributed by atoms with Crippen LogP contribution in [0, 0.1) is 16.7 Å². The Bertz CT molecular complexity index is 306. The van der Waals surface area contributed by atoms with Crippen LogP contribution in [0.4, 0.5) is 0 Å².